The summed E-state index contributed by atoms with van der Waals surface area (Å²) in [4.78, 5) is 23.7. The molecule has 0 aliphatic heterocycles. The third-order valence-electron chi connectivity index (χ3n) is 6.07. The number of hydrogen-bond donors (Lipinski definition) is 2. The Morgan fingerprint density at radius 2 is 1.68 bits per heavy atom. The van der Waals surface area contributed by atoms with Crippen LogP contribution in [0.5, 0.6) is 5.75 Å². The number of benzene rings is 2. The van der Waals surface area contributed by atoms with Crippen LogP contribution in [0.2, 0.25) is 0 Å². The largest absolute Gasteiger partial charge is 0.495 e. The lowest BCUT2D eigenvalue weighted by atomic mass is 9.77. The lowest BCUT2D eigenvalue weighted by molar-refractivity contribution is -0.141. The van der Waals surface area contributed by atoms with Crippen LogP contribution in [0.15, 0.2) is 42.5 Å². The minimum atomic E-state index is -0.303. The Bertz CT molecular complexity index is 887. The van der Waals surface area contributed by atoms with E-state index in [1.807, 2.05) is 37.3 Å². The zero-order valence-electron chi connectivity index (χ0n) is 18.6. The van der Waals surface area contributed by atoms with Crippen LogP contribution in [0.3, 0.4) is 0 Å². The van der Waals surface area contributed by atoms with Crippen molar-refractivity contribution >= 4 is 23.4 Å². The SMILES string of the molecule is COC(=O)CCC1CCC(c2ccc(NC(=O)Nc3cc(C)ccc3OC)cc2)CC1. The van der Waals surface area contributed by atoms with E-state index in [1.165, 1.54) is 12.7 Å². The molecule has 6 nitrogen and oxygen atoms in total. The number of hydrogen-bond acceptors (Lipinski definition) is 4. The van der Waals surface area contributed by atoms with Crippen molar-refractivity contribution < 1.29 is 19.1 Å². The molecule has 2 amide bonds. The summed E-state index contributed by atoms with van der Waals surface area (Å²) in [7, 11) is 3.03. The second-order valence-corrected chi connectivity index (χ2v) is 8.24. The summed E-state index contributed by atoms with van der Waals surface area (Å²) in [6, 6.07) is 13.4. The van der Waals surface area contributed by atoms with Gasteiger partial charge >= 0.3 is 12.0 Å². The fraction of sp³-hybridized carbons (Fsp3) is 0.440. The minimum Gasteiger partial charge on any atom is -0.495 e. The van der Waals surface area contributed by atoms with Crippen LogP contribution in [-0.4, -0.2) is 26.2 Å². The lowest BCUT2D eigenvalue weighted by Crippen LogP contribution is -2.20. The molecule has 1 aliphatic rings. The van der Waals surface area contributed by atoms with Crippen molar-refractivity contribution in [2.45, 2.75) is 51.4 Å². The van der Waals surface area contributed by atoms with Crippen LogP contribution in [-0.2, 0) is 9.53 Å². The molecule has 1 saturated carbocycles. The van der Waals surface area contributed by atoms with Crippen molar-refractivity contribution in [1.82, 2.24) is 0 Å². The molecule has 0 heterocycles. The molecule has 0 atom stereocenters. The van der Waals surface area contributed by atoms with Crippen LogP contribution >= 0.6 is 0 Å². The average molecular weight is 425 g/mol. The predicted octanol–water partition coefficient (Wildman–Crippen LogP) is 5.87. The quantitative estimate of drug-likeness (QED) is 0.545. The average Bonchev–Trinajstić information content (AvgIpc) is 2.78. The van der Waals surface area contributed by atoms with Crippen molar-refractivity contribution in [2.24, 2.45) is 5.92 Å². The van der Waals surface area contributed by atoms with Crippen molar-refractivity contribution in [3.05, 3.63) is 53.6 Å². The molecule has 6 heteroatoms. The second-order valence-electron chi connectivity index (χ2n) is 8.24. The zero-order chi connectivity index (χ0) is 22.2. The van der Waals surface area contributed by atoms with E-state index in [4.69, 9.17) is 9.47 Å². The summed E-state index contributed by atoms with van der Waals surface area (Å²) in [5.41, 5.74) is 3.73. The Hall–Kier alpha value is -3.02. The maximum absolute atomic E-state index is 12.4. The number of ether oxygens (including phenoxy) is 2. The van der Waals surface area contributed by atoms with Gasteiger partial charge in [-0.15, -0.1) is 0 Å². The van der Waals surface area contributed by atoms with Gasteiger partial charge in [0, 0.05) is 12.1 Å². The van der Waals surface area contributed by atoms with Crippen LogP contribution in [0.25, 0.3) is 0 Å². The van der Waals surface area contributed by atoms with Crippen LogP contribution < -0.4 is 15.4 Å². The smallest absolute Gasteiger partial charge is 0.323 e. The number of carbonyl (C=O) groups is 2. The number of aryl methyl sites for hydroxylation is 1. The number of nitrogens with one attached hydrogen (secondary N) is 2. The third kappa shape index (κ3) is 6.48. The molecule has 2 N–H and O–H groups in total. The van der Waals surface area contributed by atoms with Crippen LogP contribution in [0, 0.1) is 12.8 Å². The number of carbonyl (C=O) groups excluding carboxylic acids is 2. The van der Waals surface area contributed by atoms with Gasteiger partial charge < -0.3 is 20.1 Å². The molecular weight excluding hydrogens is 392 g/mol. The molecule has 1 fully saturated rings. The summed E-state index contributed by atoms with van der Waals surface area (Å²) in [6.07, 6.45) is 5.98. The summed E-state index contributed by atoms with van der Waals surface area (Å²) < 4.78 is 10.0. The standard InChI is InChI=1S/C25H32N2O4/c1-17-4-14-23(30-2)22(16-17)27-25(29)26-21-12-10-20(11-13-21)19-8-5-18(6-9-19)7-15-24(28)31-3/h4,10-14,16,18-19H,5-9,15H2,1-3H3,(H2,26,27,29). The number of anilines is 2. The van der Waals surface area contributed by atoms with Gasteiger partial charge in [0.05, 0.1) is 19.9 Å². The van der Waals surface area contributed by atoms with E-state index < -0.39 is 0 Å². The van der Waals surface area contributed by atoms with Gasteiger partial charge in [0.25, 0.3) is 0 Å². The van der Waals surface area contributed by atoms with E-state index in [2.05, 4.69) is 22.8 Å². The first-order valence-corrected chi connectivity index (χ1v) is 10.9. The second kappa shape index (κ2) is 10.8. The third-order valence-corrected chi connectivity index (χ3v) is 6.07. The Morgan fingerprint density at radius 3 is 2.32 bits per heavy atom. The predicted molar refractivity (Wildman–Crippen MR) is 123 cm³/mol. The molecule has 2 aromatic rings. The van der Waals surface area contributed by atoms with Gasteiger partial charge in [-0.1, -0.05) is 18.2 Å². The molecule has 0 aromatic heterocycles. The normalized spacial score (nSPS) is 18.2. The molecule has 0 saturated heterocycles. The summed E-state index contributed by atoms with van der Waals surface area (Å²) in [5, 5.41) is 5.73. The Balaban J connectivity index is 1.50. The highest BCUT2D eigenvalue weighted by molar-refractivity contribution is 6.00. The summed E-state index contributed by atoms with van der Waals surface area (Å²) in [5.74, 6) is 1.65. The Labute approximate surface area is 184 Å². The summed E-state index contributed by atoms with van der Waals surface area (Å²) in [6.45, 7) is 1.97. The highest BCUT2D eigenvalue weighted by Crippen LogP contribution is 2.37. The van der Waals surface area contributed by atoms with E-state index >= 15 is 0 Å². The number of methoxy groups -OCH3 is 2. The van der Waals surface area contributed by atoms with Crippen molar-refractivity contribution in [1.29, 1.82) is 0 Å². The molecular formula is C25H32N2O4. The van der Waals surface area contributed by atoms with Gasteiger partial charge in [-0.25, -0.2) is 4.79 Å². The van der Waals surface area contributed by atoms with Crippen LogP contribution in [0.4, 0.5) is 16.2 Å². The number of urea groups is 1. The lowest BCUT2D eigenvalue weighted by Gasteiger charge is -2.28. The maximum atomic E-state index is 12.4. The first-order valence-electron chi connectivity index (χ1n) is 10.9. The Morgan fingerprint density at radius 1 is 0.968 bits per heavy atom. The van der Waals surface area contributed by atoms with Crippen LogP contribution in [0.1, 0.15) is 55.6 Å². The molecule has 166 valence electrons. The van der Waals surface area contributed by atoms with E-state index in [9.17, 15) is 9.59 Å². The molecule has 0 unspecified atom stereocenters. The molecule has 0 spiro atoms. The minimum absolute atomic E-state index is 0.116. The summed E-state index contributed by atoms with van der Waals surface area (Å²) >= 11 is 0. The molecule has 3 rings (SSSR count). The van der Waals surface area contributed by atoms with E-state index in [0.29, 0.717) is 29.7 Å². The van der Waals surface area contributed by atoms with Gasteiger partial charge in [0.1, 0.15) is 5.75 Å². The first-order chi connectivity index (χ1) is 15.0. The van der Waals surface area contributed by atoms with Gasteiger partial charge in [-0.3, -0.25) is 4.79 Å². The molecule has 2 aromatic carbocycles. The van der Waals surface area contributed by atoms with Gasteiger partial charge in [0.15, 0.2) is 0 Å². The molecule has 0 bridgehead atoms. The number of rotatable bonds is 7. The van der Waals surface area contributed by atoms with E-state index in [0.717, 1.165) is 43.4 Å². The van der Waals surface area contributed by atoms with Crippen molar-refractivity contribution in [3.8, 4) is 5.75 Å². The van der Waals surface area contributed by atoms with Gasteiger partial charge in [0.2, 0.25) is 0 Å². The van der Waals surface area contributed by atoms with Gasteiger partial charge in [-0.05, 0) is 86.3 Å². The fourth-order valence-electron chi connectivity index (χ4n) is 4.25. The molecule has 31 heavy (non-hydrogen) atoms. The highest BCUT2D eigenvalue weighted by Gasteiger charge is 2.23. The van der Waals surface area contributed by atoms with Crippen molar-refractivity contribution in [3.63, 3.8) is 0 Å². The van der Waals surface area contributed by atoms with Gasteiger partial charge in [-0.2, -0.15) is 0 Å². The zero-order valence-corrected chi connectivity index (χ0v) is 18.6. The topological polar surface area (TPSA) is 76.7 Å². The van der Waals surface area contributed by atoms with Crippen molar-refractivity contribution in [2.75, 3.05) is 24.9 Å². The van der Waals surface area contributed by atoms with E-state index in [1.54, 1.807) is 7.11 Å². The number of esters is 1. The number of amides is 2. The Kier molecular flexibility index (Phi) is 7.93. The van der Waals surface area contributed by atoms with E-state index in [-0.39, 0.29) is 12.0 Å². The molecule has 0 radical (unpaired) electrons. The first kappa shape index (κ1) is 22.7. The molecule has 1 aliphatic carbocycles. The maximum Gasteiger partial charge on any atom is 0.323 e. The monoisotopic (exact) mass is 424 g/mol. The fourth-order valence-corrected chi connectivity index (χ4v) is 4.25. The highest BCUT2D eigenvalue weighted by atomic mass is 16.5.